The number of rotatable bonds is 16. The summed E-state index contributed by atoms with van der Waals surface area (Å²) in [5.41, 5.74) is 0.488. The zero-order valence-corrected chi connectivity index (χ0v) is 27.3. The number of hydrogen-bond donors (Lipinski definition) is 3. The monoisotopic (exact) mass is 652 g/mol. The Morgan fingerprint density at radius 3 is 2.43 bits per heavy atom. The Hall–Kier alpha value is -1.68. The van der Waals surface area contributed by atoms with E-state index < -0.39 is 32.5 Å². The molecule has 1 aliphatic rings. The zero-order chi connectivity index (χ0) is 31.0. The lowest BCUT2D eigenvalue weighted by molar-refractivity contribution is 0.0526. The highest BCUT2D eigenvalue weighted by Crippen LogP contribution is 2.50. The number of piperidine rings is 1. The molecule has 2 aromatic rings. The topological polar surface area (TPSA) is 170 Å². The molecule has 2 aromatic heterocycles. The van der Waals surface area contributed by atoms with Crippen LogP contribution in [0.5, 0.6) is 0 Å². The number of amides is 1. The fourth-order valence-corrected chi connectivity index (χ4v) is 6.62. The molecule has 0 saturated carbocycles. The normalized spacial score (nSPS) is 18.7. The SMILES string of the molecule is CCc1nc(C(=O)N[C@@H]2CCN(c3nnc([C@H](O)CO)s3)C[C@@H]2OC)n(COP(=O)(OCC(C)C)OCC(C)C)c1Cl. The van der Waals surface area contributed by atoms with Crippen LogP contribution in [0.3, 0.4) is 0 Å². The fourth-order valence-electron chi connectivity index (χ4n) is 4.01. The lowest BCUT2D eigenvalue weighted by Gasteiger charge is -2.37. The van der Waals surface area contributed by atoms with Gasteiger partial charge in [-0.3, -0.25) is 22.9 Å². The van der Waals surface area contributed by atoms with Gasteiger partial charge in [0.2, 0.25) is 11.0 Å². The van der Waals surface area contributed by atoms with E-state index in [0.717, 1.165) is 0 Å². The summed E-state index contributed by atoms with van der Waals surface area (Å²) >= 11 is 7.76. The van der Waals surface area contributed by atoms with Crippen molar-refractivity contribution >= 4 is 41.8 Å². The maximum Gasteiger partial charge on any atom is 0.476 e. The maximum absolute atomic E-state index is 13.5. The third-order valence-electron chi connectivity index (χ3n) is 6.32. The molecule has 0 bridgehead atoms. The highest BCUT2D eigenvalue weighted by Gasteiger charge is 2.35. The minimum Gasteiger partial charge on any atom is -0.393 e. The van der Waals surface area contributed by atoms with Gasteiger partial charge in [-0.2, -0.15) is 0 Å². The molecule has 0 spiro atoms. The Kier molecular flexibility index (Phi) is 13.2. The fraction of sp³-hybridized carbons (Fsp3) is 0.760. The van der Waals surface area contributed by atoms with Crippen molar-refractivity contribution in [3.05, 3.63) is 21.7 Å². The van der Waals surface area contributed by atoms with Gasteiger partial charge < -0.3 is 25.2 Å². The van der Waals surface area contributed by atoms with Gasteiger partial charge in [0, 0.05) is 20.2 Å². The molecule has 1 aliphatic heterocycles. The number of anilines is 1. The average molecular weight is 653 g/mol. The molecule has 17 heteroatoms. The number of aryl methyl sites for hydroxylation is 1. The standard InChI is InChI=1S/C25H42ClN6O8PS/c1-7-17-21(26)32(14-40-41(36,38-12-15(2)3)39-13-16(4)5)22(27-17)23(35)28-18-8-9-31(10-20(18)37-6)25-30-29-24(42-25)19(34)11-33/h15-16,18-20,33-34H,7-14H2,1-6H3,(H,28,35)/t18-,19-,20+/m1/s1. The predicted octanol–water partition coefficient (Wildman–Crippen LogP) is 3.43. The molecule has 1 amide bonds. The Bertz CT molecular complexity index is 1200. The van der Waals surface area contributed by atoms with E-state index >= 15 is 0 Å². The van der Waals surface area contributed by atoms with Crippen LogP contribution >= 0.6 is 30.8 Å². The van der Waals surface area contributed by atoms with Gasteiger partial charge in [-0.1, -0.05) is 57.6 Å². The van der Waals surface area contributed by atoms with Crippen LogP contribution in [-0.2, 0) is 36.0 Å². The number of nitrogens with one attached hydrogen (secondary N) is 1. The van der Waals surface area contributed by atoms with Crippen LogP contribution in [0.15, 0.2) is 0 Å². The smallest absolute Gasteiger partial charge is 0.393 e. The Labute approximate surface area is 255 Å². The van der Waals surface area contributed by atoms with Gasteiger partial charge in [-0.25, -0.2) is 9.55 Å². The quantitative estimate of drug-likeness (QED) is 0.226. The van der Waals surface area contributed by atoms with Crippen LogP contribution in [0.25, 0.3) is 0 Å². The summed E-state index contributed by atoms with van der Waals surface area (Å²) in [5.74, 6) is -0.308. The Morgan fingerprint density at radius 1 is 1.19 bits per heavy atom. The van der Waals surface area contributed by atoms with Crippen molar-refractivity contribution < 1.29 is 37.9 Å². The second-order valence-electron chi connectivity index (χ2n) is 10.7. The van der Waals surface area contributed by atoms with Crippen LogP contribution < -0.4 is 10.2 Å². The molecule has 0 aromatic carbocycles. The van der Waals surface area contributed by atoms with Crippen LogP contribution in [0.4, 0.5) is 5.13 Å². The predicted molar refractivity (Wildman–Crippen MR) is 158 cm³/mol. The zero-order valence-electron chi connectivity index (χ0n) is 24.9. The number of nitrogens with zero attached hydrogens (tertiary/aromatic N) is 5. The number of aromatic nitrogens is 4. The number of ether oxygens (including phenoxy) is 1. The molecule has 42 heavy (non-hydrogen) atoms. The average Bonchev–Trinajstić information content (AvgIpc) is 3.58. The van der Waals surface area contributed by atoms with Gasteiger partial charge in [0.05, 0.1) is 37.7 Å². The summed E-state index contributed by atoms with van der Waals surface area (Å²) in [4.78, 5) is 19.9. The van der Waals surface area contributed by atoms with Gasteiger partial charge in [0.1, 0.15) is 23.0 Å². The number of imidazole rings is 1. The summed E-state index contributed by atoms with van der Waals surface area (Å²) in [7, 11) is -2.40. The summed E-state index contributed by atoms with van der Waals surface area (Å²) in [6.45, 7) is 9.99. The van der Waals surface area contributed by atoms with Crippen molar-refractivity contribution in [1.29, 1.82) is 0 Å². The number of methoxy groups -OCH3 is 1. The van der Waals surface area contributed by atoms with Gasteiger partial charge in [0.15, 0.2) is 0 Å². The highest BCUT2D eigenvalue weighted by molar-refractivity contribution is 7.48. The Balaban J connectivity index is 1.73. The first kappa shape index (κ1) is 34.8. The first-order valence-electron chi connectivity index (χ1n) is 13.9. The first-order chi connectivity index (χ1) is 19.9. The van der Waals surface area contributed by atoms with E-state index in [4.69, 9.17) is 29.9 Å². The third kappa shape index (κ3) is 9.16. The van der Waals surface area contributed by atoms with Crippen molar-refractivity contribution in [3.63, 3.8) is 0 Å². The number of carbonyl (C=O) groups excluding carboxylic acids is 1. The van der Waals surface area contributed by atoms with Gasteiger partial charge >= 0.3 is 7.82 Å². The Morgan fingerprint density at radius 2 is 1.86 bits per heavy atom. The minimum atomic E-state index is -3.96. The van der Waals surface area contributed by atoms with Crippen LogP contribution in [-0.4, -0.2) is 88.0 Å². The van der Waals surface area contributed by atoms with E-state index in [1.807, 2.05) is 39.5 Å². The van der Waals surface area contributed by atoms with E-state index in [-0.39, 0.29) is 48.8 Å². The van der Waals surface area contributed by atoms with Gasteiger partial charge in [-0.05, 0) is 24.7 Å². The third-order valence-corrected chi connectivity index (χ3v) is 9.19. The highest BCUT2D eigenvalue weighted by atomic mass is 35.5. The molecule has 3 rings (SSSR count). The molecule has 3 heterocycles. The number of hydrogen-bond acceptors (Lipinski definition) is 13. The molecule has 3 atom stereocenters. The lowest BCUT2D eigenvalue weighted by Crippen LogP contribution is -2.55. The molecule has 14 nitrogen and oxygen atoms in total. The van der Waals surface area contributed by atoms with Crippen molar-refractivity contribution in [2.75, 3.05) is 44.9 Å². The van der Waals surface area contributed by atoms with Crippen LogP contribution in [0.1, 0.15) is 68.5 Å². The summed E-state index contributed by atoms with van der Waals surface area (Å²) in [5, 5.41) is 31.2. The molecule has 0 radical (unpaired) electrons. The summed E-state index contributed by atoms with van der Waals surface area (Å²) in [6.07, 6.45) is -0.496. The maximum atomic E-state index is 13.5. The summed E-state index contributed by atoms with van der Waals surface area (Å²) in [6, 6.07) is -0.362. The number of aliphatic hydroxyl groups excluding tert-OH is 2. The number of phosphoric ester groups is 1. The van der Waals surface area contributed by atoms with Crippen LogP contribution in [0, 0.1) is 11.8 Å². The van der Waals surface area contributed by atoms with Gasteiger partial charge in [-0.15, -0.1) is 10.2 Å². The first-order valence-corrected chi connectivity index (χ1v) is 16.6. The van der Waals surface area contributed by atoms with Crippen molar-refractivity contribution in [3.8, 4) is 0 Å². The van der Waals surface area contributed by atoms with Crippen molar-refractivity contribution in [1.82, 2.24) is 25.1 Å². The number of carbonyl (C=O) groups is 1. The molecule has 1 saturated heterocycles. The van der Waals surface area contributed by atoms with E-state index in [2.05, 4.69) is 20.5 Å². The molecule has 0 aliphatic carbocycles. The second-order valence-corrected chi connectivity index (χ2v) is 13.8. The van der Waals surface area contributed by atoms with E-state index in [1.165, 1.54) is 15.9 Å². The van der Waals surface area contributed by atoms with Crippen molar-refractivity contribution in [2.24, 2.45) is 11.8 Å². The lowest BCUT2D eigenvalue weighted by atomic mass is 10.0. The van der Waals surface area contributed by atoms with E-state index in [1.54, 1.807) is 7.11 Å². The molecule has 1 fully saturated rings. The number of phosphoric acid groups is 1. The molecular weight excluding hydrogens is 611 g/mol. The van der Waals surface area contributed by atoms with Gasteiger partial charge in [0.25, 0.3) is 5.91 Å². The van der Waals surface area contributed by atoms with Crippen molar-refractivity contribution in [2.45, 2.75) is 72.4 Å². The number of aliphatic hydroxyl groups is 2. The minimum absolute atomic E-state index is 0.000146. The molecule has 3 N–H and O–H groups in total. The summed E-state index contributed by atoms with van der Waals surface area (Å²) < 4.78 is 37.1. The van der Waals surface area contributed by atoms with Crippen LogP contribution in [0.2, 0.25) is 5.15 Å². The molecule has 238 valence electrons. The largest absolute Gasteiger partial charge is 0.476 e. The second kappa shape index (κ2) is 15.9. The molecular formula is C25H42ClN6O8PS. The van der Waals surface area contributed by atoms with E-state index in [9.17, 15) is 19.6 Å². The molecule has 0 unspecified atom stereocenters. The number of halogens is 1. The van der Waals surface area contributed by atoms with E-state index in [0.29, 0.717) is 41.8 Å².